The zero-order chi connectivity index (χ0) is 14.5. The lowest BCUT2D eigenvalue weighted by Gasteiger charge is -2.04. The fourth-order valence-corrected chi connectivity index (χ4v) is 2.69. The van der Waals surface area contributed by atoms with Crippen LogP contribution in [-0.2, 0) is 17.6 Å². The molecule has 2 aromatic heterocycles. The Morgan fingerprint density at radius 1 is 1.35 bits per heavy atom. The van der Waals surface area contributed by atoms with Gasteiger partial charge < -0.3 is 9.84 Å². The van der Waals surface area contributed by atoms with Crippen LogP contribution in [0.15, 0.2) is 9.90 Å². The Bertz CT molecular complexity index is 570. The van der Waals surface area contributed by atoms with Crippen LogP contribution in [0.3, 0.4) is 0 Å². The summed E-state index contributed by atoms with van der Waals surface area (Å²) in [7, 11) is 0. The van der Waals surface area contributed by atoms with Gasteiger partial charge in [0.15, 0.2) is 0 Å². The molecule has 2 rings (SSSR count). The van der Waals surface area contributed by atoms with Crippen molar-refractivity contribution in [2.45, 2.75) is 40.0 Å². The lowest BCUT2D eigenvalue weighted by atomic mass is 10.1. The molecule has 0 bridgehead atoms. The number of thiazole rings is 1. The molecule has 1 amide bonds. The summed E-state index contributed by atoms with van der Waals surface area (Å²) in [5, 5.41) is 9.89. The van der Waals surface area contributed by atoms with E-state index in [0.717, 1.165) is 34.1 Å². The molecule has 0 spiro atoms. The predicted molar refractivity (Wildman–Crippen MR) is 77.9 cm³/mol. The third-order valence-electron chi connectivity index (χ3n) is 3.15. The summed E-state index contributed by atoms with van der Waals surface area (Å²) in [6, 6.07) is 0. The van der Waals surface area contributed by atoms with Crippen molar-refractivity contribution in [1.82, 2.24) is 15.5 Å². The first kappa shape index (κ1) is 14.7. The van der Waals surface area contributed by atoms with Gasteiger partial charge in [0.05, 0.1) is 16.4 Å². The number of amides is 1. The van der Waals surface area contributed by atoms with E-state index < -0.39 is 0 Å². The second-order valence-corrected chi connectivity index (χ2v) is 5.82. The number of carbonyl (C=O) groups is 1. The van der Waals surface area contributed by atoms with Gasteiger partial charge in [0.25, 0.3) is 0 Å². The van der Waals surface area contributed by atoms with E-state index in [0.29, 0.717) is 19.4 Å². The molecule has 0 aliphatic carbocycles. The maximum absolute atomic E-state index is 11.8. The van der Waals surface area contributed by atoms with E-state index in [4.69, 9.17) is 4.52 Å². The molecule has 5 nitrogen and oxygen atoms in total. The number of rotatable bonds is 6. The highest BCUT2D eigenvalue weighted by atomic mass is 32.1. The van der Waals surface area contributed by atoms with Crippen LogP contribution in [-0.4, -0.2) is 22.6 Å². The molecule has 0 saturated heterocycles. The molecule has 0 saturated carbocycles. The molecular weight excluding hydrogens is 274 g/mol. The van der Waals surface area contributed by atoms with Gasteiger partial charge >= 0.3 is 0 Å². The van der Waals surface area contributed by atoms with Crippen LogP contribution in [0.1, 0.15) is 34.1 Å². The first-order valence-corrected chi connectivity index (χ1v) is 7.53. The van der Waals surface area contributed by atoms with Crippen molar-refractivity contribution in [3.05, 3.63) is 33.1 Å². The van der Waals surface area contributed by atoms with E-state index in [-0.39, 0.29) is 5.91 Å². The van der Waals surface area contributed by atoms with Gasteiger partial charge in [-0.1, -0.05) is 5.16 Å². The van der Waals surface area contributed by atoms with Gasteiger partial charge in [-0.05, 0) is 27.2 Å². The van der Waals surface area contributed by atoms with E-state index in [9.17, 15) is 4.79 Å². The Hall–Kier alpha value is -1.69. The number of aryl methyl sites for hydroxylation is 3. The van der Waals surface area contributed by atoms with E-state index in [1.54, 1.807) is 11.3 Å². The summed E-state index contributed by atoms with van der Waals surface area (Å²) in [4.78, 5) is 16.1. The number of carbonyl (C=O) groups excluding carboxylic acids is 1. The minimum atomic E-state index is 0.0527. The largest absolute Gasteiger partial charge is 0.361 e. The van der Waals surface area contributed by atoms with Gasteiger partial charge in [-0.15, -0.1) is 11.3 Å². The molecule has 2 heterocycles. The maximum atomic E-state index is 11.8. The molecule has 2 aromatic rings. The fourth-order valence-electron chi connectivity index (χ4n) is 2.04. The average Bonchev–Trinajstić information content (AvgIpc) is 2.95. The van der Waals surface area contributed by atoms with Crippen LogP contribution in [0.4, 0.5) is 0 Å². The van der Waals surface area contributed by atoms with Crippen molar-refractivity contribution in [2.24, 2.45) is 0 Å². The van der Waals surface area contributed by atoms with Crippen LogP contribution >= 0.6 is 11.3 Å². The van der Waals surface area contributed by atoms with Crippen LogP contribution in [0, 0.1) is 20.8 Å². The molecule has 0 aliphatic rings. The molecule has 1 N–H and O–H groups in total. The standard InChI is InChI=1S/C14H19N3O2S/c1-9-13(10(2)19-17-9)4-5-14(18)15-7-6-12-8-20-11(3)16-12/h8H,4-7H2,1-3H3,(H,15,18). The number of nitrogens with one attached hydrogen (secondary N) is 1. The lowest BCUT2D eigenvalue weighted by molar-refractivity contribution is -0.121. The number of aromatic nitrogens is 2. The molecule has 0 aromatic carbocycles. The zero-order valence-corrected chi connectivity index (χ0v) is 12.8. The van der Waals surface area contributed by atoms with E-state index in [1.807, 2.05) is 26.2 Å². The van der Waals surface area contributed by atoms with Gasteiger partial charge in [-0.25, -0.2) is 4.98 Å². The molecule has 0 unspecified atom stereocenters. The highest BCUT2D eigenvalue weighted by Crippen LogP contribution is 2.14. The number of nitrogens with zero attached hydrogens (tertiary/aromatic N) is 2. The number of hydrogen-bond acceptors (Lipinski definition) is 5. The van der Waals surface area contributed by atoms with Crippen LogP contribution in [0.25, 0.3) is 0 Å². The smallest absolute Gasteiger partial charge is 0.220 e. The topological polar surface area (TPSA) is 68.0 Å². The van der Waals surface area contributed by atoms with Crippen molar-refractivity contribution in [3.8, 4) is 0 Å². The minimum absolute atomic E-state index is 0.0527. The van der Waals surface area contributed by atoms with Gasteiger partial charge in [-0.3, -0.25) is 4.79 Å². The van der Waals surface area contributed by atoms with Crippen LogP contribution in [0.2, 0.25) is 0 Å². The Balaban J connectivity index is 1.71. The Labute approximate surface area is 122 Å². The monoisotopic (exact) mass is 293 g/mol. The van der Waals surface area contributed by atoms with Crippen molar-refractivity contribution in [1.29, 1.82) is 0 Å². The molecule has 108 valence electrons. The normalized spacial score (nSPS) is 10.8. The summed E-state index contributed by atoms with van der Waals surface area (Å²) >= 11 is 1.63. The van der Waals surface area contributed by atoms with Crippen molar-refractivity contribution >= 4 is 17.2 Å². The molecular formula is C14H19N3O2S. The van der Waals surface area contributed by atoms with Crippen molar-refractivity contribution in [2.75, 3.05) is 6.54 Å². The molecule has 20 heavy (non-hydrogen) atoms. The summed E-state index contributed by atoms with van der Waals surface area (Å²) in [5.74, 6) is 0.852. The van der Waals surface area contributed by atoms with Gasteiger partial charge in [-0.2, -0.15) is 0 Å². The Morgan fingerprint density at radius 2 is 2.15 bits per heavy atom. The van der Waals surface area contributed by atoms with Crippen LogP contribution < -0.4 is 5.32 Å². The Morgan fingerprint density at radius 3 is 2.75 bits per heavy atom. The molecule has 0 radical (unpaired) electrons. The predicted octanol–water partition coefficient (Wildman–Crippen LogP) is 2.35. The average molecular weight is 293 g/mol. The van der Waals surface area contributed by atoms with E-state index in [2.05, 4.69) is 15.5 Å². The van der Waals surface area contributed by atoms with Gasteiger partial charge in [0.1, 0.15) is 5.76 Å². The molecule has 6 heteroatoms. The number of hydrogen-bond donors (Lipinski definition) is 1. The highest BCUT2D eigenvalue weighted by molar-refractivity contribution is 7.09. The Kier molecular flexibility index (Phi) is 4.89. The summed E-state index contributed by atoms with van der Waals surface area (Å²) in [6.45, 7) is 6.38. The van der Waals surface area contributed by atoms with Gasteiger partial charge in [0, 0.05) is 30.3 Å². The van der Waals surface area contributed by atoms with Crippen LogP contribution in [0.5, 0.6) is 0 Å². The quantitative estimate of drug-likeness (QED) is 0.887. The summed E-state index contributed by atoms with van der Waals surface area (Å²) in [6.07, 6.45) is 1.91. The molecule has 0 aliphatic heterocycles. The van der Waals surface area contributed by atoms with Crippen molar-refractivity contribution < 1.29 is 9.32 Å². The third kappa shape index (κ3) is 3.90. The highest BCUT2D eigenvalue weighted by Gasteiger charge is 2.11. The first-order chi connectivity index (χ1) is 9.56. The third-order valence-corrected chi connectivity index (χ3v) is 3.98. The minimum Gasteiger partial charge on any atom is -0.361 e. The van der Waals surface area contributed by atoms with E-state index >= 15 is 0 Å². The zero-order valence-electron chi connectivity index (χ0n) is 12.0. The summed E-state index contributed by atoms with van der Waals surface area (Å²) in [5.41, 5.74) is 2.95. The van der Waals surface area contributed by atoms with E-state index in [1.165, 1.54) is 0 Å². The lowest BCUT2D eigenvalue weighted by Crippen LogP contribution is -2.26. The first-order valence-electron chi connectivity index (χ1n) is 6.65. The van der Waals surface area contributed by atoms with Crippen molar-refractivity contribution in [3.63, 3.8) is 0 Å². The SMILES string of the molecule is Cc1nc(CCNC(=O)CCc2c(C)noc2C)cs1. The van der Waals surface area contributed by atoms with Gasteiger partial charge in [0.2, 0.25) is 5.91 Å². The molecule has 0 fully saturated rings. The molecule has 0 atom stereocenters. The fraction of sp³-hybridized carbons (Fsp3) is 0.500. The second-order valence-electron chi connectivity index (χ2n) is 4.76. The maximum Gasteiger partial charge on any atom is 0.220 e. The second kappa shape index (κ2) is 6.65. The summed E-state index contributed by atoms with van der Waals surface area (Å²) < 4.78 is 5.08.